The van der Waals surface area contributed by atoms with Gasteiger partial charge in [-0.15, -0.1) is 0 Å². The first-order valence-corrected chi connectivity index (χ1v) is 12.9. The van der Waals surface area contributed by atoms with Gasteiger partial charge in [-0.1, -0.05) is 103 Å². The van der Waals surface area contributed by atoms with Crippen molar-refractivity contribution >= 4 is 29.3 Å². The fraction of sp³-hybridized carbons (Fsp3) is 0.207. The molecule has 1 saturated heterocycles. The predicted molar refractivity (Wildman–Crippen MR) is 148 cm³/mol. The van der Waals surface area contributed by atoms with Gasteiger partial charge >= 0.3 is 0 Å². The van der Waals surface area contributed by atoms with E-state index in [1.165, 1.54) is 6.33 Å². The van der Waals surface area contributed by atoms with E-state index in [9.17, 15) is 10.2 Å². The number of benzene rings is 3. The average Bonchev–Trinajstić information content (AvgIpc) is 3.51. The van der Waals surface area contributed by atoms with Crippen molar-refractivity contribution in [2.75, 3.05) is 12.3 Å². The molecule has 3 aromatic carbocycles. The van der Waals surface area contributed by atoms with Gasteiger partial charge in [0.15, 0.2) is 16.8 Å². The number of aliphatic hydroxyl groups excluding tert-OH is 2. The van der Waals surface area contributed by atoms with Crippen LogP contribution in [0.25, 0.3) is 11.2 Å². The summed E-state index contributed by atoms with van der Waals surface area (Å²) in [6.45, 7) is -0.0142. The molecule has 5 N–H and O–H groups in total. The summed E-state index contributed by atoms with van der Waals surface area (Å²) >= 11 is 5.27. The highest BCUT2D eigenvalue weighted by atomic mass is 32.1. The lowest BCUT2D eigenvalue weighted by Crippen LogP contribution is -2.39. The number of hydrogen-bond acceptors (Lipinski definition) is 8. The maximum Gasteiger partial charge on any atom is 0.200 e. The number of anilines is 1. The Hall–Kier alpha value is -3.93. The van der Waals surface area contributed by atoms with Gasteiger partial charge in [0.1, 0.15) is 35.1 Å². The molecule has 6 rings (SSSR count). The number of fused-ring (bicyclic) bond motifs is 1. The summed E-state index contributed by atoms with van der Waals surface area (Å²) in [6.07, 6.45) is -2.81. The molecule has 4 atom stereocenters. The van der Waals surface area contributed by atoms with E-state index in [4.69, 9.17) is 27.4 Å². The van der Waals surface area contributed by atoms with E-state index in [1.54, 1.807) is 4.57 Å². The van der Waals surface area contributed by atoms with E-state index >= 15 is 0 Å². The summed E-state index contributed by atoms with van der Waals surface area (Å²) in [5.41, 5.74) is 8.48. The van der Waals surface area contributed by atoms with E-state index < -0.39 is 30.1 Å². The molecule has 0 unspecified atom stereocenters. The molecule has 3 heterocycles. The topological polar surface area (TPSA) is 131 Å². The Morgan fingerprint density at radius 2 is 1.44 bits per heavy atom. The highest BCUT2D eigenvalue weighted by molar-refractivity contribution is 7.71. The summed E-state index contributed by atoms with van der Waals surface area (Å²) in [4.78, 5) is 11.2. The number of imidazole rings is 1. The third-order valence-corrected chi connectivity index (χ3v) is 7.37. The summed E-state index contributed by atoms with van der Waals surface area (Å²) < 4.78 is 14.8. The van der Waals surface area contributed by atoms with Crippen molar-refractivity contribution in [1.82, 2.24) is 19.5 Å². The summed E-state index contributed by atoms with van der Waals surface area (Å²) in [6, 6.07) is 29.8. The molecule has 5 aromatic rings. The lowest BCUT2D eigenvalue weighted by molar-refractivity contribution is -0.0942. The number of aromatic nitrogens is 4. The molecule has 0 bridgehead atoms. The number of aromatic amines is 1. The van der Waals surface area contributed by atoms with Crippen molar-refractivity contribution in [3.63, 3.8) is 0 Å². The van der Waals surface area contributed by atoms with Crippen molar-refractivity contribution in [3.8, 4) is 0 Å². The first-order valence-electron chi connectivity index (χ1n) is 12.5. The van der Waals surface area contributed by atoms with Gasteiger partial charge in [-0.25, -0.2) is 9.97 Å². The maximum atomic E-state index is 11.1. The van der Waals surface area contributed by atoms with Crippen LogP contribution in [0, 0.1) is 4.64 Å². The SMILES string of the molecule is Nc1nc(=S)c2ncn([C@@H]3O[C@H](COC(c4ccccc4)(c4ccccc4)c4ccccc4)[C@@H](O)[C@H]3O)c2[nH]1. The van der Waals surface area contributed by atoms with Gasteiger partial charge in [-0.3, -0.25) is 4.57 Å². The molecule has 1 aliphatic heterocycles. The molecule has 0 radical (unpaired) electrons. The standard InChI is InChI=1S/C29H27N5O4S/c30-28-32-25-22(26(39)33-28)31-17-34(25)27-24(36)23(35)21(38-27)16-37-29(18-10-4-1-5-11-18,19-12-6-2-7-13-19)20-14-8-3-9-15-20/h1-15,17,21,23-24,27,35-36H,16H2,(H3,30,32,33,39)/t21-,23-,24-,27-/m1/s1. The fourth-order valence-corrected chi connectivity index (χ4v) is 5.47. The van der Waals surface area contributed by atoms with Crippen molar-refractivity contribution in [2.24, 2.45) is 0 Å². The molecule has 9 nitrogen and oxygen atoms in total. The number of nitrogens with zero attached hydrogens (tertiary/aromatic N) is 3. The van der Waals surface area contributed by atoms with Crippen LogP contribution >= 0.6 is 12.2 Å². The zero-order valence-corrected chi connectivity index (χ0v) is 21.6. The van der Waals surface area contributed by atoms with Crippen molar-refractivity contribution in [1.29, 1.82) is 0 Å². The van der Waals surface area contributed by atoms with Gasteiger partial charge in [0.05, 0.1) is 12.9 Å². The smallest absolute Gasteiger partial charge is 0.200 e. The number of rotatable bonds is 7. The number of nitrogen functional groups attached to an aromatic ring is 1. The van der Waals surface area contributed by atoms with E-state index in [1.807, 2.05) is 91.0 Å². The summed E-state index contributed by atoms with van der Waals surface area (Å²) in [5.74, 6) is 0.112. The quantitative estimate of drug-likeness (QED) is 0.181. The third-order valence-electron chi connectivity index (χ3n) is 7.08. The van der Waals surface area contributed by atoms with Gasteiger partial charge in [0.2, 0.25) is 0 Å². The van der Waals surface area contributed by atoms with E-state index in [0.717, 1.165) is 16.7 Å². The van der Waals surface area contributed by atoms with Gasteiger partial charge in [-0.2, -0.15) is 0 Å². The molecule has 0 amide bonds. The Morgan fingerprint density at radius 3 is 1.97 bits per heavy atom. The maximum absolute atomic E-state index is 11.1. The largest absolute Gasteiger partial charge is 0.387 e. The second kappa shape index (κ2) is 10.3. The molecule has 10 heteroatoms. The van der Waals surface area contributed by atoms with Crippen LogP contribution in [-0.2, 0) is 15.1 Å². The Bertz CT molecular complexity index is 1530. The van der Waals surface area contributed by atoms with Gasteiger partial charge in [0, 0.05) is 0 Å². The van der Waals surface area contributed by atoms with Gasteiger partial charge in [0.25, 0.3) is 0 Å². The molecule has 39 heavy (non-hydrogen) atoms. The zero-order chi connectivity index (χ0) is 27.0. The van der Waals surface area contributed by atoms with Crippen LogP contribution in [0.5, 0.6) is 0 Å². The molecule has 2 aromatic heterocycles. The normalized spacial score (nSPS) is 21.4. The Balaban J connectivity index is 1.37. The van der Waals surface area contributed by atoms with Crippen LogP contribution in [0.4, 0.5) is 5.95 Å². The van der Waals surface area contributed by atoms with E-state index in [-0.39, 0.29) is 17.2 Å². The van der Waals surface area contributed by atoms with Crippen LogP contribution in [0.1, 0.15) is 22.9 Å². The number of aliphatic hydroxyl groups is 2. The first kappa shape index (κ1) is 25.4. The lowest BCUT2D eigenvalue weighted by Gasteiger charge is -2.37. The van der Waals surface area contributed by atoms with Crippen LogP contribution in [0.2, 0.25) is 0 Å². The van der Waals surface area contributed by atoms with Crippen molar-refractivity contribution in [3.05, 3.63) is 119 Å². The van der Waals surface area contributed by atoms with Crippen molar-refractivity contribution in [2.45, 2.75) is 30.1 Å². The number of nitrogens with one attached hydrogen (secondary N) is 1. The van der Waals surface area contributed by atoms with Crippen LogP contribution in [-0.4, -0.2) is 54.7 Å². The van der Waals surface area contributed by atoms with Crippen LogP contribution < -0.4 is 5.73 Å². The molecule has 1 fully saturated rings. The predicted octanol–water partition coefficient (Wildman–Crippen LogP) is 3.70. The zero-order valence-electron chi connectivity index (χ0n) is 20.8. The summed E-state index contributed by atoms with van der Waals surface area (Å²) in [5, 5.41) is 22.1. The second-order valence-corrected chi connectivity index (χ2v) is 9.80. The van der Waals surface area contributed by atoms with E-state index in [0.29, 0.717) is 11.2 Å². The minimum Gasteiger partial charge on any atom is -0.387 e. The molecule has 0 aliphatic carbocycles. The summed E-state index contributed by atoms with van der Waals surface area (Å²) in [7, 11) is 0. The molecule has 1 aliphatic rings. The van der Waals surface area contributed by atoms with Gasteiger partial charge < -0.3 is 30.4 Å². The van der Waals surface area contributed by atoms with E-state index in [2.05, 4.69) is 15.0 Å². The van der Waals surface area contributed by atoms with Crippen LogP contribution in [0.15, 0.2) is 97.3 Å². The lowest BCUT2D eigenvalue weighted by atomic mass is 9.80. The molecule has 198 valence electrons. The van der Waals surface area contributed by atoms with Crippen LogP contribution in [0.3, 0.4) is 0 Å². The number of H-pyrrole nitrogens is 1. The molecular formula is C29H27N5O4S. The minimum absolute atomic E-state index is 0.0142. The Morgan fingerprint density at radius 1 is 0.897 bits per heavy atom. The first-order chi connectivity index (χ1) is 19.0. The Kier molecular flexibility index (Phi) is 6.71. The monoisotopic (exact) mass is 541 g/mol. The minimum atomic E-state index is -1.26. The fourth-order valence-electron chi connectivity index (χ4n) is 5.22. The molecule has 0 saturated carbocycles. The molecule has 0 spiro atoms. The average molecular weight is 542 g/mol. The number of nitrogens with two attached hydrogens (primary N) is 1. The Labute approximate surface area is 229 Å². The van der Waals surface area contributed by atoms with Crippen molar-refractivity contribution < 1.29 is 19.7 Å². The third kappa shape index (κ3) is 4.42. The number of ether oxygens (including phenoxy) is 2. The number of hydrogen-bond donors (Lipinski definition) is 4. The van der Waals surface area contributed by atoms with Gasteiger partial charge in [-0.05, 0) is 16.7 Å². The highest BCUT2D eigenvalue weighted by Gasteiger charge is 2.46. The highest BCUT2D eigenvalue weighted by Crippen LogP contribution is 2.42. The molecular weight excluding hydrogens is 514 g/mol. The second-order valence-electron chi connectivity index (χ2n) is 9.41.